The quantitative estimate of drug-likeness (QED) is 0.593. The molecule has 0 bridgehead atoms. The number of amides is 1. The second-order valence-electron chi connectivity index (χ2n) is 7.09. The summed E-state index contributed by atoms with van der Waals surface area (Å²) in [7, 11) is -3.65. The van der Waals surface area contributed by atoms with Crippen molar-refractivity contribution in [2.24, 2.45) is 5.92 Å². The highest BCUT2D eigenvalue weighted by Gasteiger charge is 2.33. The monoisotopic (exact) mass is 470 g/mol. The van der Waals surface area contributed by atoms with E-state index in [2.05, 4.69) is 5.32 Å². The fourth-order valence-electron chi connectivity index (χ4n) is 3.32. The number of hydrogen-bond acceptors (Lipinski definition) is 4. The van der Waals surface area contributed by atoms with Crippen molar-refractivity contribution < 1.29 is 17.6 Å². The maximum Gasteiger partial charge on any atom is 0.243 e. The summed E-state index contributed by atoms with van der Waals surface area (Å²) in [5.74, 6) is 0.451. The minimum absolute atomic E-state index is 0.141. The molecule has 9 heteroatoms. The van der Waals surface area contributed by atoms with Crippen LogP contribution in [0.5, 0.6) is 0 Å². The first-order chi connectivity index (χ1) is 14.4. The topological polar surface area (TPSA) is 66.5 Å². The average molecular weight is 471 g/mol. The highest BCUT2D eigenvalue weighted by molar-refractivity contribution is 7.98. The second kappa shape index (κ2) is 10.6. The summed E-state index contributed by atoms with van der Waals surface area (Å²) in [5.41, 5.74) is 0.643. The molecule has 0 aliphatic carbocycles. The van der Waals surface area contributed by atoms with Crippen molar-refractivity contribution in [3.05, 3.63) is 64.9 Å². The number of sulfonamides is 1. The maximum absolute atomic E-state index is 13.6. The Bertz CT molecular complexity index is 970. The van der Waals surface area contributed by atoms with Crippen molar-refractivity contribution in [3.63, 3.8) is 0 Å². The van der Waals surface area contributed by atoms with Crippen LogP contribution in [0.2, 0.25) is 5.02 Å². The molecule has 0 radical (unpaired) electrons. The SMILES string of the molecule is O=C(NCCSCc1ccccc1F)[C@@H]1CCCN(S(=O)(=O)c2ccc(Cl)cc2)C1. The summed E-state index contributed by atoms with van der Waals surface area (Å²) in [6.07, 6.45) is 1.29. The molecule has 1 atom stereocenters. The molecular weight excluding hydrogens is 447 g/mol. The molecule has 1 saturated heterocycles. The molecule has 0 saturated carbocycles. The highest BCUT2D eigenvalue weighted by atomic mass is 35.5. The molecule has 1 fully saturated rings. The van der Waals surface area contributed by atoms with E-state index in [1.165, 1.54) is 22.5 Å². The van der Waals surface area contributed by atoms with Crippen LogP contribution in [0.15, 0.2) is 53.4 Å². The zero-order valence-corrected chi connectivity index (χ0v) is 18.8. The lowest BCUT2D eigenvalue weighted by atomic mass is 9.99. The van der Waals surface area contributed by atoms with Gasteiger partial charge in [-0.15, -0.1) is 0 Å². The van der Waals surface area contributed by atoms with Gasteiger partial charge in [0.2, 0.25) is 15.9 Å². The van der Waals surface area contributed by atoms with Crippen molar-refractivity contribution in [3.8, 4) is 0 Å². The molecule has 1 amide bonds. The first-order valence-corrected chi connectivity index (χ1v) is 12.7. The number of rotatable bonds is 8. The third kappa shape index (κ3) is 5.97. The zero-order valence-electron chi connectivity index (χ0n) is 16.4. The Morgan fingerprint density at radius 1 is 1.20 bits per heavy atom. The smallest absolute Gasteiger partial charge is 0.243 e. The maximum atomic E-state index is 13.6. The standard InChI is InChI=1S/C21H24ClFN2O3S2/c22-18-7-9-19(10-8-18)30(27,28)25-12-3-5-16(14-25)21(26)24-11-13-29-15-17-4-1-2-6-20(17)23/h1-2,4,6-10,16H,3,5,11-15H2,(H,24,26)/t16-/m1/s1. The number of benzene rings is 2. The van der Waals surface area contributed by atoms with Crippen molar-refractivity contribution >= 4 is 39.3 Å². The van der Waals surface area contributed by atoms with Crippen molar-refractivity contribution in [2.45, 2.75) is 23.5 Å². The second-order valence-corrected chi connectivity index (χ2v) is 10.6. The summed E-state index contributed by atoms with van der Waals surface area (Å²) in [5, 5.41) is 3.35. The molecule has 0 aromatic heterocycles. The van der Waals surface area contributed by atoms with Crippen molar-refractivity contribution in [1.29, 1.82) is 0 Å². The fraction of sp³-hybridized carbons (Fsp3) is 0.381. The number of thioether (sulfide) groups is 1. The molecule has 162 valence electrons. The van der Waals surface area contributed by atoms with E-state index in [0.717, 1.165) is 0 Å². The van der Waals surface area contributed by atoms with Crippen LogP contribution in [0.1, 0.15) is 18.4 Å². The van der Waals surface area contributed by atoms with Crippen LogP contribution in [0.25, 0.3) is 0 Å². The van der Waals surface area contributed by atoms with Gasteiger partial charge in [0, 0.05) is 36.2 Å². The van der Waals surface area contributed by atoms with E-state index in [1.807, 2.05) is 0 Å². The van der Waals surface area contributed by atoms with Gasteiger partial charge in [-0.2, -0.15) is 16.1 Å². The lowest BCUT2D eigenvalue weighted by Crippen LogP contribution is -2.45. The summed E-state index contributed by atoms with van der Waals surface area (Å²) in [4.78, 5) is 12.7. The number of halogens is 2. The number of nitrogens with zero attached hydrogens (tertiary/aromatic N) is 1. The molecule has 0 unspecified atom stereocenters. The lowest BCUT2D eigenvalue weighted by Gasteiger charge is -2.31. The van der Waals surface area contributed by atoms with Crippen LogP contribution in [0.4, 0.5) is 4.39 Å². The number of nitrogens with one attached hydrogen (secondary N) is 1. The zero-order chi connectivity index (χ0) is 21.6. The fourth-order valence-corrected chi connectivity index (χ4v) is 5.81. The number of carbonyl (C=O) groups is 1. The molecule has 0 spiro atoms. The molecule has 1 aliphatic rings. The van der Waals surface area contributed by atoms with Gasteiger partial charge in [-0.3, -0.25) is 4.79 Å². The van der Waals surface area contributed by atoms with Crippen LogP contribution in [-0.2, 0) is 20.6 Å². The Kier molecular flexibility index (Phi) is 8.16. The van der Waals surface area contributed by atoms with E-state index in [-0.39, 0.29) is 29.1 Å². The molecule has 1 heterocycles. The van der Waals surface area contributed by atoms with E-state index < -0.39 is 10.0 Å². The Morgan fingerprint density at radius 3 is 2.67 bits per heavy atom. The van der Waals surface area contributed by atoms with Crippen LogP contribution in [0.3, 0.4) is 0 Å². The van der Waals surface area contributed by atoms with Crippen LogP contribution in [0, 0.1) is 11.7 Å². The van der Waals surface area contributed by atoms with Gasteiger partial charge in [-0.1, -0.05) is 29.8 Å². The van der Waals surface area contributed by atoms with Gasteiger partial charge in [-0.05, 0) is 48.7 Å². The minimum atomic E-state index is -3.65. The van der Waals surface area contributed by atoms with Crippen molar-refractivity contribution in [2.75, 3.05) is 25.4 Å². The van der Waals surface area contributed by atoms with Gasteiger partial charge in [0.05, 0.1) is 10.8 Å². The average Bonchev–Trinajstić information content (AvgIpc) is 2.75. The van der Waals surface area contributed by atoms with Gasteiger partial charge in [-0.25, -0.2) is 12.8 Å². The first-order valence-electron chi connectivity index (χ1n) is 9.72. The van der Waals surface area contributed by atoms with Crippen LogP contribution >= 0.6 is 23.4 Å². The molecule has 2 aromatic rings. The van der Waals surface area contributed by atoms with E-state index in [9.17, 15) is 17.6 Å². The van der Waals surface area contributed by atoms with Gasteiger partial charge in [0.1, 0.15) is 5.82 Å². The van der Waals surface area contributed by atoms with Gasteiger partial charge < -0.3 is 5.32 Å². The minimum Gasteiger partial charge on any atom is -0.355 e. The predicted molar refractivity (Wildman–Crippen MR) is 119 cm³/mol. The lowest BCUT2D eigenvalue weighted by molar-refractivity contribution is -0.125. The van der Waals surface area contributed by atoms with E-state index in [0.29, 0.717) is 48.0 Å². The Labute approximate surface area is 186 Å². The summed E-state index contributed by atoms with van der Waals surface area (Å²) in [6, 6.07) is 12.7. The third-order valence-corrected chi connectivity index (χ3v) is 8.11. The van der Waals surface area contributed by atoms with Gasteiger partial charge >= 0.3 is 0 Å². The first kappa shape index (κ1) is 23.1. The largest absolute Gasteiger partial charge is 0.355 e. The van der Waals surface area contributed by atoms with E-state index in [4.69, 9.17) is 11.6 Å². The molecule has 2 aromatic carbocycles. The number of piperidine rings is 1. The number of carbonyl (C=O) groups excluding carboxylic acids is 1. The molecule has 30 heavy (non-hydrogen) atoms. The van der Waals surface area contributed by atoms with E-state index >= 15 is 0 Å². The molecule has 5 nitrogen and oxygen atoms in total. The Morgan fingerprint density at radius 2 is 1.93 bits per heavy atom. The van der Waals surface area contributed by atoms with E-state index in [1.54, 1.807) is 42.1 Å². The number of hydrogen-bond donors (Lipinski definition) is 1. The summed E-state index contributed by atoms with van der Waals surface area (Å²) in [6.45, 7) is 1.02. The predicted octanol–water partition coefficient (Wildman–Crippen LogP) is 3.93. The summed E-state index contributed by atoms with van der Waals surface area (Å²) >= 11 is 7.38. The Hall–Kier alpha value is -1.61. The Balaban J connectivity index is 1.47. The normalized spacial score (nSPS) is 17.6. The highest BCUT2D eigenvalue weighted by Crippen LogP contribution is 2.25. The molecular formula is C21H24ClFN2O3S2. The van der Waals surface area contributed by atoms with Crippen LogP contribution < -0.4 is 5.32 Å². The molecule has 3 rings (SSSR count). The summed E-state index contributed by atoms with van der Waals surface area (Å²) < 4.78 is 40.7. The van der Waals surface area contributed by atoms with Crippen LogP contribution in [-0.4, -0.2) is 44.0 Å². The van der Waals surface area contributed by atoms with Gasteiger partial charge in [0.25, 0.3) is 0 Å². The molecule has 1 N–H and O–H groups in total. The van der Waals surface area contributed by atoms with Crippen molar-refractivity contribution in [1.82, 2.24) is 9.62 Å². The van der Waals surface area contributed by atoms with Gasteiger partial charge in [0.15, 0.2) is 0 Å². The third-order valence-electron chi connectivity index (χ3n) is 4.97. The molecule has 1 aliphatic heterocycles.